The van der Waals surface area contributed by atoms with Crippen LogP contribution in [0.2, 0.25) is 0 Å². The van der Waals surface area contributed by atoms with Crippen LogP contribution in [-0.2, 0) is 11.3 Å². The molecule has 2 amide bonds. The number of hydrogen-bond acceptors (Lipinski definition) is 2. The van der Waals surface area contributed by atoms with Gasteiger partial charge in [-0.05, 0) is 30.5 Å². The van der Waals surface area contributed by atoms with Crippen molar-refractivity contribution in [3.8, 4) is 0 Å². The number of nitrogens with zero attached hydrogens (tertiary/aromatic N) is 1. The summed E-state index contributed by atoms with van der Waals surface area (Å²) in [6, 6.07) is 5.90. The summed E-state index contributed by atoms with van der Waals surface area (Å²) in [6.45, 7) is 0.657. The lowest BCUT2D eigenvalue weighted by Crippen LogP contribution is -2.38. The van der Waals surface area contributed by atoms with E-state index in [0.29, 0.717) is 18.2 Å². The maximum absolute atomic E-state index is 12.1. The molecule has 1 aliphatic heterocycles. The third kappa shape index (κ3) is 2.14. The normalized spacial score (nSPS) is 17.8. The van der Waals surface area contributed by atoms with Gasteiger partial charge in [-0.2, -0.15) is 0 Å². The summed E-state index contributed by atoms with van der Waals surface area (Å²) >= 11 is 3.44. The van der Waals surface area contributed by atoms with E-state index in [0.717, 1.165) is 22.9 Å². The second-order valence-corrected chi connectivity index (χ2v) is 5.62. The Kier molecular flexibility index (Phi) is 2.86. The lowest BCUT2D eigenvalue weighted by atomic mass is 10.1. The first kappa shape index (κ1) is 11.7. The molecule has 5 heteroatoms. The maximum atomic E-state index is 12.1. The number of carbonyl (C=O) groups is 2. The second-order valence-electron chi connectivity index (χ2n) is 4.77. The van der Waals surface area contributed by atoms with Crippen molar-refractivity contribution in [2.75, 3.05) is 6.54 Å². The summed E-state index contributed by atoms with van der Waals surface area (Å²) in [5.74, 6) is -0.118. The summed E-state index contributed by atoms with van der Waals surface area (Å²) in [7, 11) is 0. The van der Waals surface area contributed by atoms with E-state index in [1.165, 1.54) is 0 Å². The highest BCUT2D eigenvalue weighted by atomic mass is 79.9. The summed E-state index contributed by atoms with van der Waals surface area (Å²) in [4.78, 5) is 25.4. The standard InChI is InChI=1S/C13H13BrN2O2/c14-11-3-1-2-9-10(11)6-16(13(9)18)7-12(17)15-8-4-5-8/h1-3,8H,4-7H2,(H,15,17). The van der Waals surface area contributed by atoms with Gasteiger partial charge in [0.2, 0.25) is 5.91 Å². The van der Waals surface area contributed by atoms with E-state index in [9.17, 15) is 9.59 Å². The molecule has 3 rings (SSSR count). The first-order chi connectivity index (χ1) is 8.65. The quantitative estimate of drug-likeness (QED) is 0.923. The van der Waals surface area contributed by atoms with E-state index < -0.39 is 0 Å². The fourth-order valence-corrected chi connectivity index (χ4v) is 2.65. The van der Waals surface area contributed by atoms with E-state index in [1.54, 1.807) is 11.0 Å². The smallest absolute Gasteiger partial charge is 0.255 e. The average molecular weight is 309 g/mol. The molecule has 94 valence electrons. The predicted octanol–water partition coefficient (Wildman–Crippen LogP) is 1.68. The van der Waals surface area contributed by atoms with Crippen LogP contribution in [0.5, 0.6) is 0 Å². The van der Waals surface area contributed by atoms with Gasteiger partial charge in [0.05, 0.1) is 0 Å². The molecule has 1 saturated carbocycles. The van der Waals surface area contributed by atoms with Crippen molar-refractivity contribution in [1.29, 1.82) is 0 Å². The van der Waals surface area contributed by atoms with E-state index >= 15 is 0 Å². The van der Waals surface area contributed by atoms with Gasteiger partial charge in [0.1, 0.15) is 6.54 Å². The Morgan fingerprint density at radius 3 is 2.89 bits per heavy atom. The molecule has 0 radical (unpaired) electrons. The molecule has 1 fully saturated rings. The number of hydrogen-bond donors (Lipinski definition) is 1. The van der Waals surface area contributed by atoms with Gasteiger partial charge in [-0.3, -0.25) is 9.59 Å². The van der Waals surface area contributed by atoms with Crippen molar-refractivity contribution in [3.63, 3.8) is 0 Å². The number of halogens is 1. The van der Waals surface area contributed by atoms with E-state index in [1.807, 2.05) is 12.1 Å². The topological polar surface area (TPSA) is 49.4 Å². The number of rotatable bonds is 3. The first-order valence-electron chi connectivity index (χ1n) is 6.01. The van der Waals surface area contributed by atoms with Gasteiger partial charge in [-0.25, -0.2) is 0 Å². The van der Waals surface area contributed by atoms with Crippen molar-refractivity contribution >= 4 is 27.7 Å². The fourth-order valence-electron chi connectivity index (χ4n) is 2.15. The third-order valence-electron chi connectivity index (χ3n) is 3.26. The molecule has 0 aromatic heterocycles. The number of fused-ring (bicyclic) bond motifs is 1. The number of nitrogens with one attached hydrogen (secondary N) is 1. The van der Waals surface area contributed by atoms with E-state index in [-0.39, 0.29) is 18.4 Å². The average Bonchev–Trinajstić information content (AvgIpc) is 3.08. The van der Waals surface area contributed by atoms with Crippen molar-refractivity contribution in [1.82, 2.24) is 10.2 Å². The lowest BCUT2D eigenvalue weighted by Gasteiger charge is -2.14. The van der Waals surface area contributed by atoms with Crippen LogP contribution in [-0.4, -0.2) is 29.3 Å². The number of carbonyl (C=O) groups excluding carboxylic acids is 2. The summed E-state index contributed by atoms with van der Waals surface area (Å²) in [5, 5.41) is 2.90. The van der Waals surface area contributed by atoms with Gasteiger partial charge >= 0.3 is 0 Å². The molecule has 1 N–H and O–H groups in total. The van der Waals surface area contributed by atoms with Crippen molar-refractivity contribution in [2.45, 2.75) is 25.4 Å². The molecule has 0 unspecified atom stereocenters. The second kappa shape index (κ2) is 4.39. The molecule has 4 nitrogen and oxygen atoms in total. The van der Waals surface area contributed by atoms with Crippen LogP contribution in [0.4, 0.5) is 0 Å². The molecule has 1 aromatic carbocycles. The van der Waals surface area contributed by atoms with Gasteiger partial charge in [0.15, 0.2) is 0 Å². The van der Waals surface area contributed by atoms with Crippen LogP contribution >= 0.6 is 15.9 Å². The Bertz CT molecular complexity index is 526. The van der Waals surface area contributed by atoms with Crippen molar-refractivity contribution in [3.05, 3.63) is 33.8 Å². The zero-order chi connectivity index (χ0) is 12.7. The Balaban J connectivity index is 1.71. The van der Waals surface area contributed by atoms with Gasteiger partial charge in [0, 0.05) is 22.6 Å². The molecule has 1 heterocycles. The molecule has 1 aromatic rings. The van der Waals surface area contributed by atoms with Gasteiger partial charge in [-0.15, -0.1) is 0 Å². The molecule has 0 bridgehead atoms. The van der Waals surface area contributed by atoms with Crippen LogP contribution < -0.4 is 5.32 Å². The Labute approximate surface area is 113 Å². The first-order valence-corrected chi connectivity index (χ1v) is 6.80. The highest BCUT2D eigenvalue weighted by Crippen LogP contribution is 2.29. The zero-order valence-electron chi connectivity index (χ0n) is 9.78. The molecule has 0 saturated heterocycles. The molecular formula is C13H13BrN2O2. The minimum absolute atomic E-state index is 0.0581. The fraction of sp³-hybridized carbons (Fsp3) is 0.385. The molecule has 2 aliphatic rings. The Hall–Kier alpha value is -1.36. The van der Waals surface area contributed by atoms with Gasteiger partial charge in [0.25, 0.3) is 5.91 Å². The van der Waals surface area contributed by atoms with E-state index in [4.69, 9.17) is 0 Å². The minimum Gasteiger partial charge on any atom is -0.352 e. The summed E-state index contributed by atoms with van der Waals surface area (Å²) in [6.07, 6.45) is 2.12. The lowest BCUT2D eigenvalue weighted by molar-refractivity contribution is -0.121. The molecule has 0 spiro atoms. The van der Waals surface area contributed by atoms with Crippen LogP contribution in [0.3, 0.4) is 0 Å². The Morgan fingerprint density at radius 1 is 1.44 bits per heavy atom. The minimum atomic E-state index is -0.0604. The highest BCUT2D eigenvalue weighted by Gasteiger charge is 2.31. The van der Waals surface area contributed by atoms with Gasteiger partial charge < -0.3 is 10.2 Å². The molecule has 18 heavy (non-hydrogen) atoms. The van der Waals surface area contributed by atoms with E-state index in [2.05, 4.69) is 21.2 Å². The van der Waals surface area contributed by atoms with Crippen LogP contribution in [0, 0.1) is 0 Å². The monoisotopic (exact) mass is 308 g/mol. The van der Waals surface area contributed by atoms with Crippen molar-refractivity contribution < 1.29 is 9.59 Å². The largest absolute Gasteiger partial charge is 0.352 e. The zero-order valence-corrected chi connectivity index (χ0v) is 11.4. The number of benzene rings is 1. The van der Waals surface area contributed by atoms with Crippen LogP contribution in [0.1, 0.15) is 28.8 Å². The molecule has 0 atom stereocenters. The summed E-state index contributed by atoms with van der Waals surface area (Å²) in [5.41, 5.74) is 1.67. The van der Waals surface area contributed by atoms with Gasteiger partial charge in [-0.1, -0.05) is 22.0 Å². The predicted molar refractivity (Wildman–Crippen MR) is 70.0 cm³/mol. The molecular weight excluding hydrogens is 296 g/mol. The summed E-state index contributed by atoms with van der Waals surface area (Å²) < 4.78 is 0.929. The third-order valence-corrected chi connectivity index (χ3v) is 4.01. The van der Waals surface area contributed by atoms with Crippen LogP contribution in [0.25, 0.3) is 0 Å². The molecule has 1 aliphatic carbocycles. The maximum Gasteiger partial charge on any atom is 0.255 e. The van der Waals surface area contributed by atoms with Crippen LogP contribution in [0.15, 0.2) is 22.7 Å². The Morgan fingerprint density at radius 2 is 2.22 bits per heavy atom. The van der Waals surface area contributed by atoms with Crippen molar-refractivity contribution in [2.24, 2.45) is 0 Å². The SMILES string of the molecule is O=C(CN1Cc2c(Br)cccc2C1=O)NC1CC1. The highest BCUT2D eigenvalue weighted by molar-refractivity contribution is 9.10. The number of amides is 2.